The van der Waals surface area contributed by atoms with Gasteiger partial charge < -0.3 is 10.6 Å². The third-order valence-corrected chi connectivity index (χ3v) is 3.34. The lowest BCUT2D eigenvalue weighted by Gasteiger charge is -2.29. The molecule has 100 valence electrons. The Labute approximate surface area is 117 Å². The molecule has 2 N–H and O–H groups in total. The van der Waals surface area contributed by atoms with Crippen LogP contribution in [0.15, 0.2) is 48.5 Å². The molecular formula is C15H16ClFN2. The van der Waals surface area contributed by atoms with Crippen LogP contribution in [-0.2, 0) is 0 Å². The molecular weight excluding hydrogens is 263 g/mol. The molecule has 2 aromatic carbocycles. The van der Waals surface area contributed by atoms with Gasteiger partial charge in [0.15, 0.2) is 0 Å². The summed E-state index contributed by atoms with van der Waals surface area (Å²) in [6.45, 7) is 0.380. The Morgan fingerprint density at radius 1 is 1.21 bits per heavy atom. The van der Waals surface area contributed by atoms with Gasteiger partial charge >= 0.3 is 0 Å². The van der Waals surface area contributed by atoms with Gasteiger partial charge in [0, 0.05) is 24.3 Å². The Morgan fingerprint density at radius 2 is 1.89 bits per heavy atom. The second-order valence-corrected chi connectivity index (χ2v) is 4.84. The van der Waals surface area contributed by atoms with Crippen LogP contribution in [0.3, 0.4) is 0 Å². The molecule has 2 aromatic rings. The summed E-state index contributed by atoms with van der Waals surface area (Å²) in [5.41, 5.74) is 7.64. The number of nitrogens with two attached hydrogens (primary N) is 1. The van der Waals surface area contributed by atoms with Gasteiger partial charge in [-0.3, -0.25) is 0 Å². The van der Waals surface area contributed by atoms with Crippen molar-refractivity contribution in [2.24, 2.45) is 5.73 Å². The summed E-state index contributed by atoms with van der Waals surface area (Å²) in [4.78, 5) is 2.02. The predicted octanol–water partition coefficient (Wildman–Crippen LogP) is 3.62. The zero-order chi connectivity index (χ0) is 13.8. The minimum atomic E-state index is -0.345. The maximum atomic E-state index is 13.4. The average molecular weight is 279 g/mol. The van der Waals surface area contributed by atoms with Crippen LogP contribution in [0.25, 0.3) is 0 Å². The van der Waals surface area contributed by atoms with Crippen LogP contribution in [0.2, 0.25) is 5.02 Å². The van der Waals surface area contributed by atoms with Crippen molar-refractivity contribution in [2.75, 3.05) is 18.5 Å². The zero-order valence-corrected chi connectivity index (χ0v) is 11.4. The first-order valence-corrected chi connectivity index (χ1v) is 6.43. The van der Waals surface area contributed by atoms with Gasteiger partial charge in [0.25, 0.3) is 0 Å². The van der Waals surface area contributed by atoms with Gasteiger partial charge in [-0.2, -0.15) is 0 Å². The highest BCUT2D eigenvalue weighted by Crippen LogP contribution is 2.27. The van der Waals surface area contributed by atoms with E-state index in [1.807, 2.05) is 42.3 Å². The van der Waals surface area contributed by atoms with Crippen molar-refractivity contribution in [1.82, 2.24) is 0 Å². The lowest BCUT2D eigenvalue weighted by Crippen LogP contribution is -2.30. The molecule has 2 rings (SSSR count). The molecule has 0 aromatic heterocycles. The fourth-order valence-corrected chi connectivity index (χ4v) is 2.36. The van der Waals surface area contributed by atoms with E-state index in [1.54, 1.807) is 6.07 Å². The highest BCUT2D eigenvalue weighted by Gasteiger charge is 2.17. The van der Waals surface area contributed by atoms with E-state index in [0.717, 1.165) is 11.3 Å². The lowest BCUT2D eigenvalue weighted by atomic mass is 10.0. The second kappa shape index (κ2) is 6.04. The van der Waals surface area contributed by atoms with E-state index in [-0.39, 0.29) is 11.9 Å². The number of hydrogen-bond acceptors (Lipinski definition) is 2. The van der Waals surface area contributed by atoms with E-state index >= 15 is 0 Å². The van der Waals surface area contributed by atoms with Crippen LogP contribution in [-0.4, -0.2) is 13.6 Å². The van der Waals surface area contributed by atoms with Gasteiger partial charge in [0.1, 0.15) is 5.82 Å². The number of para-hydroxylation sites is 1. The van der Waals surface area contributed by atoms with Gasteiger partial charge in [-0.05, 0) is 35.9 Å². The number of nitrogens with zero attached hydrogens (tertiary/aromatic N) is 1. The Balaban J connectivity index is 2.34. The maximum Gasteiger partial charge on any atom is 0.125 e. The molecule has 0 spiro atoms. The smallest absolute Gasteiger partial charge is 0.125 e. The minimum Gasteiger partial charge on any atom is -0.366 e. The molecule has 1 atom stereocenters. The van der Waals surface area contributed by atoms with Gasteiger partial charge in [-0.15, -0.1) is 0 Å². The Morgan fingerprint density at radius 3 is 2.47 bits per heavy atom. The summed E-state index contributed by atoms with van der Waals surface area (Å²) in [6.07, 6.45) is 0. The first-order valence-electron chi connectivity index (χ1n) is 6.05. The van der Waals surface area contributed by atoms with E-state index in [4.69, 9.17) is 17.3 Å². The number of anilines is 1. The van der Waals surface area contributed by atoms with E-state index in [2.05, 4.69) is 0 Å². The van der Waals surface area contributed by atoms with Crippen LogP contribution in [0.1, 0.15) is 11.6 Å². The molecule has 0 amide bonds. The zero-order valence-electron chi connectivity index (χ0n) is 10.7. The molecule has 1 unspecified atom stereocenters. The second-order valence-electron chi connectivity index (χ2n) is 4.40. The van der Waals surface area contributed by atoms with E-state index in [9.17, 15) is 4.39 Å². The van der Waals surface area contributed by atoms with Crippen molar-refractivity contribution >= 4 is 17.3 Å². The summed E-state index contributed by atoms with van der Waals surface area (Å²) >= 11 is 5.90. The van der Waals surface area contributed by atoms with Crippen molar-refractivity contribution in [3.63, 3.8) is 0 Å². The topological polar surface area (TPSA) is 29.3 Å². The Bertz CT molecular complexity index is 525. The Hall–Kier alpha value is -1.58. The van der Waals surface area contributed by atoms with Crippen molar-refractivity contribution in [3.05, 3.63) is 64.9 Å². The molecule has 19 heavy (non-hydrogen) atoms. The number of halogens is 2. The van der Waals surface area contributed by atoms with Crippen LogP contribution in [0.4, 0.5) is 10.1 Å². The molecule has 0 heterocycles. The molecule has 0 saturated heterocycles. The first kappa shape index (κ1) is 13.8. The van der Waals surface area contributed by atoms with Crippen molar-refractivity contribution < 1.29 is 4.39 Å². The van der Waals surface area contributed by atoms with E-state index in [0.29, 0.717) is 11.6 Å². The normalized spacial score (nSPS) is 12.2. The molecule has 0 bridgehead atoms. The van der Waals surface area contributed by atoms with E-state index < -0.39 is 0 Å². The molecule has 0 saturated carbocycles. The van der Waals surface area contributed by atoms with Crippen molar-refractivity contribution in [1.29, 1.82) is 0 Å². The van der Waals surface area contributed by atoms with Gasteiger partial charge in [0.2, 0.25) is 0 Å². The number of likely N-dealkylation sites (N-methyl/N-ethyl adjacent to an activating group) is 1. The summed E-state index contributed by atoms with van der Waals surface area (Å²) in [5.74, 6) is -0.345. The van der Waals surface area contributed by atoms with Crippen LogP contribution in [0, 0.1) is 5.82 Å². The largest absolute Gasteiger partial charge is 0.366 e. The summed E-state index contributed by atoms with van der Waals surface area (Å²) in [7, 11) is 1.94. The summed E-state index contributed by atoms with van der Waals surface area (Å²) < 4.78 is 13.4. The monoisotopic (exact) mass is 278 g/mol. The fraction of sp³-hybridized carbons (Fsp3) is 0.200. The van der Waals surface area contributed by atoms with Gasteiger partial charge in [-0.1, -0.05) is 29.8 Å². The third kappa shape index (κ3) is 3.25. The lowest BCUT2D eigenvalue weighted by molar-refractivity contribution is 0.615. The van der Waals surface area contributed by atoms with Gasteiger partial charge in [0.05, 0.1) is 6.04 Å². The summed E-state index contributed by atoms with van der Waals surface area (Å²) in [6, 6.07) is 14.2. The SMILES string of the molecule is CN(c1ccccc1)C(CN)c1cc(F)cc(Cl)c1. The van der Waals surface area contributed by atoms with Crippen LogP contribution in [0.5, 0.6) is 0 Å². The molecule has 0 radical (unpaired) electrons. The van der Waals surface area contributed by atoms with Crippen molar-refractivity contribution in [2.45, 2.75) is 6.04 Å². The number of hydrogen-bond donors (Lipinski definition) is 1. The number of benzene rings is 2. The van der Waals surface area contributed by atoms with Crippen LogP contribution >= 0.6 is 11.6 Å². The predicted molar refractivity (Wildman–Crippen MR) is 78.1 cm³/mol. The summed E-state index contributed by atoms with van der Waals surface area (Å²) in [5, 5.41) is 0.384. The van der Waals surface area contributed by atoms with Gasteiger partial charge in [-0.25, -0.2) is 4.39 Å². The standard InChI is InChI=1S/C15H16ClFN2/c1-19(14-5-3-2-4-6-14)15(10-18)11-7-12(16)9-13(17)8-11/h2-9,15H,10,18H2,1H3. The molecule has 0 fully saturated rings. The quantitative estimate of drug-likeness (QED) is 0.926. The van der Waals surface area contributed by atoms with Crippen molar-refractivity contribution in [3.8, 4) is 0 Å². The minimum absolute atomic E-state index is 0.115. The fourth-order valence-electron chi connectivity index (χ4n) is 2.13. The molecule has 0 aliphatic heterocycles. The van der Waals surface area contributed by atoms with E-state index in [1.165, 1.54) is 12.1 Å². The molecule has 0 aliphatic carbocycles. The highest BCUT2D eigenvalue weighted by atomic mass is 35.5. The Kier molecular flexibility index (Phi) is 4.40. The highest BCUT2D eigenvalue weighted by molar-refractivity contribution is 6.30. The maximum absolute atomic E-state index is 13.4. The average Bonchev–Trinajstić information content (AvgIpc) is 2.39. The van der Waals surface area contributed by atoms with Crippen LogP contribution < -0.4 is 10.6 Å². The molecule has 2 nitrogen and oxygen atoms in total. The number of rotatable bonds is 4. The molecule has 4 heteroatoms. The molecule has 0 aliphatic rings. The third-order valence-electron chi connectivity index (χ3n) is 3.12. The first-order chi connectivity index (χ1) is 9.11.